The Morgan fingerprint density at radius 1 is 1.26 bits per heavy atom. The predicted octanol–water partition coefficient (Wildman–Crippen LogP) is 3.91. The molecular weight excluding hydrogens is 344 g/mol. The molecule has 0 spiro atoms. The predicted molar refractivity (Wildman–Crippen MR) is 105 cm³/mol. The highest BCUT2D eigenvalue weighted by Gasteiger charge is 2.31. The van der Waals surface area contributed by atoms with Crippen LogP contribution in [0, 0.1) is 5.92 Å². The van der Waals surface area contributed by atoms with E-state index in [1.807, 2.05) is 58.9 Å². The largest absolute Gasteiger partial charge is 0.494 e. The number of nitrogens with zero attached hydrogens (tertiary/aromatic N) is 1. The van der Waals surface area contributed by atoms with Crippen molar-refractivity contribution in [2.24, 2.45) is 5.92 Å². The molecule has 0 aliphatic carbocycles. The zero-order chi connectivity index (χ0) is 20.0. The average Bonchev–Trinajstić information content (AvgIpc) is 2.61. The number of ether oxygens (including phenoxy) is 2. The Bertz CT molecular complexity index is 637. The van der Waals surface area contributed by atoms with E-state index in [2.05, 4.69) is 5.32 Å². The summed E-state index contributed by atoms with van der Waals surface area (Å²) in [5, 5.41) is 3.07. The fraction of sp³-hybridized carbons (Fsp3) is 0.619. The van der Waals surface area contributed by atoms with Gasteiger partial charge in [0.2, 0.25) is 5.91 Å². The molecule has 27 heavy (non-hydrogen) atoms. The zero-order valence-electron chi connectivity index (χ0n) is 17.1. The van der Waals surface area contributed by atoms with Crippen molar-refractivity contribution in [3.05, 3.63) is 29.8 Å². The van der Waals surface area contributed by atoms with Gasteiger partial charge in [0.05, 0.1) is 18.6 Å². The number of carbonyl (C=O) groups excluding carboxylic acids is 2. The van der Waals surface area contributed by atoms with E-state index in [1.165, 1.54) is 0 Å². The number of nitrogens with one attached hydrogen (secondary N) is 1. The highest BCUT2D eigenvalue weighted by molar-refractivity contribution is 5.80. The molecule has 0 bridgehead atoms. The normalized spacial score (nSPS) is 18.6. The van der Waals surface area contributed by atoms with E-state index in [1.54, 1.807) is 4.90 Å². The van der Waals surface area contributed by atoms with Gasteiger partial charge in [0, 0.05) is 13.1 Å². The van der Waals surface area contributed by atoms with Crippen LogP contribution in [0.2, 0.25) is 0 Å². The van der Waals surface area contributed by atoms with Crippen molar-refractivity contribution in [1.29, 1.82) is 0 Å². The van der Waals surface area contributed by atoms with Gasteiger partial charge in [-0.2, -0.15) is 0 Å². The average molecular weight is 376 g/mol. The summed E-state index contributed by atoms with van der Waals surface area (Å²) < 4.78 is 10.9. The molecule has 1 saturated heterocycles. The monoisotopic (exact) mass is 376 g/mol. The highest BCUT2D eigenvalue weighted by Crippen LogP contribution is 2.22. The Morgan fingerprint density at radius 2 is 1.93 bits per heavy atom. The van der Waals surface area contributed by atoms with Crippen molar-refractivity contribution >= 4 is 12.0 Å². The first-order valence-electron chi connectivity index (χ1n) is 9.70. The summed E-state index contributed by atoms with van der Waals surface area (Å²) in [5.41, 5.74) is 0.487. The molecule has 2 atom stereocenters. The van der Waals surface area contributed by atoms with Gasteiger partial charge in [-0.1, -0.05) is 12.1 Å². The third-order valence-electron chi connectivity index (χ3n) is 4.49. The fourth-order valence-corrected chi connectivity index (χ4v) is 3.12. The van der Waals surface area contributed by atoms with Crippen molar-refractivity contribution < 1.29 is 19.1 Å². The summed E-state index contributed by atoms with van der Waals surface area (Å²) in [4.78, 5) is 26.6. The molecule has 1 aliphatic heterocycles. The zero-order valence-corrected chi connectivity index (χ0v) is 17.1. The van der Waals surface area contributed by atoms with Crippen LogP contribution in [0.25, 0.3) is 0 Å². The van der Waals surface area contributed by atoms with E-state index in [0.717, 1.165) is 24.2 Å². The second-order valence-electron chi connectivity index (χ2n) is 8.00. The van der Waals surface area contributed by atoms with Crippen LogP contribution in [0.4, 0.5) is 4.79 Å². The molecule has 0 aromatic heterocycles. The third kappa shape index (κ3) is 6.45. The SMILES string of the molecule is CCOc1ccc(C(C)NC(=O)C2CCCN(C(=O)OC(C)(C)C)C2)cc1. The number of rotatable bonds is 5. The smallest absolute Gasteiger partial charge is 0.410 e. The van der Waals surface area contributed by atoms with Crippen molar-refractivity contribution in [3.8, 4) is 5.75 Å². The van der Waals surface area contributed by atoms with Crippen molar-refractivity contribution in [3.63, 3.8) is 0 Å². The molecule has 2 unspecified atom stereocenters. The summed E-state index contributed by atoms with van der Waals surface area (Å²) >= 11 is 0. The van der Waals surface area contributed by atoms with Gasteiger partial charge < -0.3 is 19.7 Å². The van der Waals surface area contributed by atoms with Crippen LogP contribution in [-0.4, -0.2) is 42.2 Å². The number of hydrogen-bond donors (Lipinski definition) is 1. The number of likely N-dealkylation sites (tertiary alicyclic amines) is 1. The topological polar surface area (TPSA) is 67.9 Å². The molecule has 2 amide bonds. The van der Waals surface area contributed by atoms with E-state index < -0.39 is 5.60 Å². The van der Waals surface area contributed by atoms with Gasteiger partial charge in [-0.05, 0) is 65.2 Å². The molecule has 1 aromatic rings. The molecule has 2 rings (SSSR count). The Balaban J connectivity index is 1.91. The Hall–Kier alpha value is -2.24. The van der Waals surface area contributed by atoms with Crippen LogP contribution in [0.3, 0.4) is 0 Å². The summed E-state index contributed by atoms with van der Waals surface area (Å²) in [5.74, 6) is 0.584. The van der Waals surface area contributed by atoms with Crippen LogP contribution in [0.15, 0.2) is 24.3 Å². The van der Waals surface area contributed by atoms with E-state index in [0.29, 0.717) is 19.7 Å². The van der Waals surface area contributed by atoms with Gasteiger partial charge in [0.25, 0.3) is 0 Å². The van der Waals surface area contributed by atoms with Crippen LogP contribution in [-0.2, 0) is 9.53 Å². The Labute approximate surface area is 162 Å². The number of amides is 2. The first kappa shape index (κ1) is 21.1. The first-order valence-corrected chi connectivity index (χ1v) is 9.70. The molecule has 150 valence electrons. The summed E-state index contributed by atoms with van der Waals surface area (Å²) in [6.45, 7) is 11.1. The van der Waals surface area contributed by atoms with Gasteiger partial charge in [0.1, 0.15) is 11.4 Å². The first-order chi connectivity index (χ1) is 12.7. The van der Waals surface area contributed by atoms with Crippen LogP contribution in [0.5, 0.6) is 5.75 Å². The molecule has 1 N–H and O–H groups in total. The van der Waals surface area contributed by atoms with Gasteiger partial charge in [-0.15, -0.1) is 0 Å². The van der Waals surface area contributed by atoms with Crippen LogP contribution in [0.1, 0.15) is 59.1 Å². The fourth-order valence-electron chi connectivity index (χ4n) is 3.12. The molecule has 6 nitrogen and oxygen atoms in total. The minimum atomic E-state index is -0.533. The number of carbonyl (C=O) groups is 2. The lowest BCUT2D eigenvalue weighted by atomic mass is 9.96. The number of piperidine rings is 1. The lowest BCUT2D eigenvalue weighted by Gasteiger charge is -2.34. The number of benzene rings is 1. The van der Waals surface area contributed by atoms with E-state index in [9.17, 15) is 9.59 Å². The van der Waals surface area contributed by atoms with Gasteiger partial charge in [-0.25, -0.2) is 4.79 Å². The van der Waals surface area contributed by atoms with E-state index in [4.69, 9.17) is 9.47 Å². The molecule has 1 aromatic carbocycles. The van der Waals surface area contributed by atoms with Crippen LogP contribution < -0.4 is 10.1 Å². The third-order valence-corrected chi connectivity index (χ3v) is 4.49. The quantitative estimate of drug-likeness (QED) is 0.846. The highest BCUT2D eigenvalue weighted by atomic mass is 16.6. The number of hydrogen-bond acceptors (Lipinski definition) is 4. The molecule has 1 heterocycles. The van der Waals surface area contributed by atoms with Crippen molar-refractivity contribution in [2.75, 3.05) is 19.7 Å². The lowest BCUT2D eigenvalue weighted by molar-refractivity contribution is -0.127. The molecule has 6 heteroatoms. The Morgan fingerprint density at radius 3 is 2.52 bits per heavy atom. The Kier molecular flexibility index (Phi) is 7.11. The minimum Gasteiger partial charge on any atom is -0.494 e. The molecular formula is C21H32N2O4. The second kappa shape index (κ2) is 9.11. The van der Waals surface area contributed by atoms with E-state index in [-0.39, 0.29) is 24.0 Å². The van der Waals surface area contributed by atoms with Crippen molar-refractivity contribution in [2.45, 2.75) is 59.1 Å². The van der Waals surface area contributed by atoms with Gasteiger partial charge >= 0.3 is 6.09 Å². The summed E-state index contributed by atoms with van der Waals surface area (Å²) in [7, 11) is 0. The van der Waals surface area contributed by atoms with Gasteiger partial charge in [-0.3, -0.25) is 4.79 Å². The minimum absolute atomic E-state index is 0.0235. The molecule has 1 fully saturated rings. The molecule has 0 radical (unpaired) electrons. The molecule has 0 saturated carbocycles. The standard InChI is InChI=1S/C21H32N2O4/c1-6-26-18-11-9-16(10-12-18)15(2)22-19(24)17-8-7-13-23(14-17)20(25)27-21(3,4)5/h9-12,15,17H,6-8,13-14H2,1-5H3,(H,22,24). The maximum absolute atomic E-state index is 12.7. The van der Waals surface area contributed by atoms with Crippen molar-refractivity contribution in [1.82, 2.24) is 10.2 Å². The maximum atomic E-state index is 12.7. The van der Waals surface area contributed by atoms with Gasteiger partial charge in [0.15, 0.2) is 0 Å². The summed E-state index contributed by atoms with van der Waals surface area (Å²) in [6, 6.07) is 7.64. The lowest BCUT2D eigenvalue weighted by Crippen LogP contribution is -2.47. The maximum Gasteiger partial charge on any atom is 0.410 e. The van der Waals surface area contributed by atoms with E-state index >= 15 is 0 Å². The second-order valence-corrected chi connectivity index (χ2v) is 8.00. The molecule has 1 aliphatic rings. The summed E-state index contributed by atoms with van der Waals surface area (Å²) in [6.07, 6.45) is 1.23. The van der Waals surface area contributed by atoms with Crippen LogP contribution >= 0.6 is 0 Å².